The highest BCUT2D eigenvalue weighted by molar-refractivity contribution is 5.92. The van der Waals surface area contributed by atoms with Crippen molar-refractivity contribution >= 4 is 11.6 Å². The molecule has 0 unspecified atom stereocenters. The molecule has 0 aliphatic carbocycles. The first-order valence-corrected chi connectivity index (χ1v) is 5.69. The lowest BCUT2D eigenvalue weighted by Crippen LogP contribution is -2.38. The van der Waals surface area contributed by atoms with Crippen molar-refractivity contribution in [3.05, 3.63) is 35.9 Å². The molecule has 0 spiro atoms. The fourth-order valence-corrected chi connectivity index (χ4v) is 1.75. The van der Waals surface area contributed by atoms with Crippen LogP contribution in [0.25, 0.3) is 5.70 Å². The number of hydrogen-bond acceptors (Lipinski definition) is 2. The molecule has 0 fully saturated rings. The van der Waals surface area contributed by atoms with Gasteiger partial charge in [0.15, 0.2) is 0 Å². The molecule has 0 radical (unpaired) electrons. The highest BCUT2D eigenvalue weighted by atomic mass is 16.5. The second kappa shape index (κ2) is 4.24. The quantitative estimate of drug-likeness (QED) is 0.849. The third-order valence-corrected chi connectivity index (χ3v) is 3.08. The number of hydrogen-bond donors (Lipinski definition) is 1. The van der Waals surface area contributed by atoms with E-state index in [1.165, 1.54) is 0 Å². The number of allylic oxidation sites excluding steroid dienone is 1. The summed E-state index contributed by atoms with van der Waals surface area (Å²) in [6, 6.07) is 7.68. The van der Waals surface area contributed by atoms with Gasteiger partial charge >= 0.3 is 0 Å². The van der Waals surface area contributed by atoms with Crippen molar-refractivity contribution in [1.82, 2.24) is 5.32 Å². The molecule has 3 heteroatoms. The number of benzene rings is 1. The highest BCUT2D eigenvalue weighted by Gasteiger charge is 2.30. The normalized spacial score (nSPS) is 18.3. The molecule has 17 heavy (non-hydrogen) atoms. The van der Waals surface area contributed by atoms with Gasteiger partial charge in [0, 0.05) is 11.1 Å². The van der Waals surface area contributed by atoms with Gasteiger partial charge in [0.2, 0.25) is 5.91 Å². The minimum Gasteiger partial charge on any atom is -0.497 e. The minimum atomic E-state index is -0.310. The summed E-state index contributed by atoms with van der Waals surface area (Å²) in [4.78, 5) is 11.8. The van der Waals surface area contributed by atoms with Crippen LogP contribution >= 0.6 is 0 Å². The van der Waals surface area contributed by atoms with Crippen molar-refractivity contribution in [2.24, 2.45) is 5.41 Å². The summed E-state index contributed by atoms with van der Waals surface area (Å²) in [5, 5.41) is 2.94. The average molecular weight is 231 g/mol. The SMILES string of the molecule is COc1ccc(C2=CCC(C)(C)C(=O)N2)cc1. The van der Waals surface area contributed by atoms with Crippen LogP contribution in [0.4, 0.5) is 0 Å². The van der Waals surface area contributed by atoms with Gasteiger partial charge in [-0.1, -0.05) is 19.9 Å². The van der Waals surface area contributed by atoms with Gasteiger partial charge in [-0.05, 0) is 36.2 Å². The Morgan fingerprint density at radius 1 is 1.24 bits per heavy atom. The van der Waals surface area contributed by atoms with Crippen molar-refractivity contribution in [2.75, 3.05) is 7.11 Å². The van der Waals surface area contributed by atoms with Crippen LogP contribution in [0.15, 0.2) is 30.3 Å². The van der Waals surface area contributed by atoms with Gasteiger partial charge in [-0.3, -0.25) is 4.79 Å². The molecular formula is C14H17NO2. The zero-order valence-electron chi connectivity index (χ0n) is 10.4. The van der Waals surface area contributed by atoms with Crippen LogP contribution < -0.4 is 10.1 Å². The van der Waals surface area contributed by atoms with Crippen LogP contribution in [0.5, 0.6) is 5.75 Å². The Bertz CT molecular complexity index is 458. The monoisotopic (exact) mass is 231 g/mol. The molecule has 3 nitrogen and oxygen atoms in total. The summed E-state index contributed by atoms with van der Waals surface area (Å²) in [5.41, 5.74) is 1.59. The molecule has 0 bridgehead atoms. The van der Waals surface area contributed by atoms with Gasteiger partial charge in [0.1, 0.15) is 5.75 Å². The van der Waals surface area contributed by atoms with Crippen molar-refractivity contribution < 1.29 is 9.53 Å². The molecule has 1 aromatic carbocycles. The molecule has 1 aromatic rings. The van der Waals surface area contributed by atoms with E-state index in [0.717, 1.165) is 23.4 Å². The van der Waals surface area contributed by atoms with Gasteiger partial charge in [0.05, 0.1) is 7.11 Å². The number of nitrogens with one attached hydrogen (secondary N) is 1. The lowest BCUT2D eigenvalue weighted by Gasteiger charge is -2.28. The number of carbonyl (C=O) groups excluding carboxylic acids is 1. The van der Waals surface area contributed by atoms with Crippen LogP contribution in [0.1, 0.15) is 25.8 Å². The zero-order chi connectivity index (χ0) is 12.5. The second-order valence-corrected chi connectivity index (χ2v) is 4.89. The lowest BCUT2D eigenvalue weighted by atomic mass is 9.85. The standard InChI is InChI=1S/C14H17NO2/c1-14(2)9-8-12(15-13(14)16)10-4-6-11(17-3)7-5-10/h4-8H,9H2,1-3H3,(H,15,16). The maximum Gasteiger partial charge on any atom is 0.230 e. The van der Waals surface area contributed by atoms with Crippen LogP contribution in [0, 0.1) is 5.41 Å². The molecule has 2 rings (SSSR count). The molecule has 0 saturated carbocycles. The summed E-state index contributed by atoms with van der Waals surface area (Å²) in [5.74, 6) is 0.891. The van der Waals surface area contributed by atoms with Crippen LogP contribution in [-0.2, 0) is 4.79 Å². The van der Waals surface area contributed by atoms with Crippen LogP contribution in [0.3, 0.4) is 0 Å². The Balaban J connectivity index is 2.24. The fraction of sp³-hybridized carbons (Fsp3) is 0.357. The number of ether oxygens (including phenoxy) is 1. The molecule has 0 saturated heterocycles. The Morgan fingerprint density at radius 3 is 2.41 bits per heavy atom. The molecule has 1 aliphatic rings. The predicted molar refractivity (Wildman–Crippen MR) is 67.5 cm³/mol. The van der Waals surface area contributed by atoms with Crippen LogP contribution in [-0.4, -0.2) is 13.0 Å². The molecule has 0 atom stereocenters. The van der Waals surface area contributed by atoms with Crippen molar-refractivity contribution in [1.29, 1.82) is 0 Å². The number of rotatable bonds is 2. The summed E-state index contributed by atoms with van der Waals surface area (Å²) in [7, 11) is 1.64. The van der Waals surface area contributed by atoms with E-state index in [1.807, 2.05) is 38.1 Å². The summed E-state index contributed by atoms with van der Waals surface area (Å²) in [6.07, 6.45) is 2.84. The van der Waals surface area contributed by atoms with E-state index in [0.29, 0.717) is 0 Å². The minimum absolute atomic E-state index is 0.0748. The largest absolute Gasteiger partial charge is 0.497 e. The first-order chi connectivity index (χ1) is 8.03. The van der Waals surface area contributed by atoms with E-state index in [9.17, 15) is 4.79 Å². The Kier molecular flexibility index (Phi) is 2.92. The molecular weight excluding hydrogens is 214 g/mol. The maximum absolute atomic E-state index is 11.8. The first kappa shape index (κ1) is 11.7. The maximum atomic E-state index is 11.8. The molecule has 1 aliphatic heterocycles. The van der Waals surface area contributed by atoms with E-state index in [-0.39, 0.29) is 11.3 Å². The summed E-state index contributed by atoms with van der Waals surface area (Å²) in [6.45, 7) is 3.90. The lowest BCUT2D eigenvalue weighted by molar-refractivity contribution is -0.128. The van der Waals surface area contributed by atoms with E-state index >= 15 is 0 Å². The highest BCUT2D eigenvalue weighted by Crippen LogP contribution is 2.29. The molecule has 1 heterocycles. The Morgan fingerprint density at radius 2 is 1.88 bits per heavy atom. The third-order valence-electron chi connectivity index (χ3n) is 3.08. The van der Waals surface area contributed by atoms with Gasteiger partial charge in [0.25, 0.3) is 0 Å². The number of carbonyl (C=O) groups is 1. The number of amides is 1. The zero-order valence-corrected chi connectivity index (χ0v) is 10.4. The molecule has 1 amide bonds. The molecule has 0 aromatic heterocycles. The van der Waals surface area contributed by atoms with Crippen molar-refractivity contribution in [2.45, 2.75) is 20.3 Å². The average Bonchev–Trinajstić information content (AvgIpc) is 2.33. The van der Waals surface area contributed by atoms with Gasteiger partial charge in [-0.2, -0.15) is 0 Å². The van der Waals surface area contributed by atoms with Crippen molar-refractivity contribution in [3.8, 4) is 5.75 Å². The fourth-order valence-electron chi connectivity index (χ4n) is 1.75. The van der Waals surface area contributed by atoms with E-state index < -0.39 is 0 Å². The molecule has 90 valence electrons. The predicted octanol–water partition coefficient (Wildman–Crippen LogP) is 2.58. The Labute approximate surface area is 101 Å². The van der Waals surface area contributed by atoms with Crippen molar-refractivity contribution in [3.63, 3.8) is 0 Å². The second-order valence-electron chi connectivity index (χ2n) is 4.89. The smallest absolute Gasteiger partial charge is 0.230 e. The third kappa shape index (κ3) is 2.33. The number of methoxy groups -OCH3 is 1. The van der Waals surface area contributed by atoms with Gasteiger partial charge in [-0.25, -0.2) is 0 Å². The van der Waals surface area contributed by atoms with Gasteiger partial charge in [-0.15, -0.1) is 0 Å². The van der Waals surface area contributed by atoms with E-state index in [1.54, 1.807) is 7.11 Å². The Hall–Kier alpha value is -1.77. The van der Waals surface area contributed by atoms with E-state index in [2.05, 4.69) is 11.4 Å². The summed E-state index contributed by atoms with van der Waals surface area (Å²) >= 11 is 0. The first-order valence-electron chi connectivity index (χ1n) is 5.69. The van der Waals surface area contributed by atoms with E-state index in [4.69, 9.17) is 4.74 Å². The molecule has 1 N–H and O–H groups in total. The summed E-state index contributed by atoms with van der Waals surface area (Å²) < 4.78 is 5.10. The van der Waals surface area contributed by atoms with Gasteiger partial charge < -0.3 is 10.1 Å². The van der Waals surface area contributed by atoms with Crippen LogP contribution in [0.2, 0.25) is 0 Å². The topological polar surface area (TPSA) is 38.3 Å².